The number of nitrogens with one attached hydrogen (secondary N) is 1. The minimum absolute atomic E-state index is 0.0497. The molecule has 2 amide bonds. The molecular formula is C25H29F2N9O2. The van der Waals surface area contributed by atoms with Crippen LogP contribution < -0.4 is 16.0 Å². The Labute approximate surface area is 217 Å². The molecule has 0 atom stereocenters. The molecule has 6 rings (SSSR count). The zero-order chi connectivity index (χ0) is 26.4. The number of nitrogen functional groups attached to an aromatic ring is 1. The van der Waals surface area contributed by atoms with E-state index in [9.17, 15) is 14.0 Å². The highest BCUT2D eigenvalue weighted by molar-refractivity contribution is 6.12. The van der Waals surface area contributed by atoms with Gasteiger partial charge in [0.15, 0.2) is 23.1 Å². The number of nitrogens with two attached hydrogens (primary N) is 1. The van der Waals surface area contributed by atoms with Crippen LogP contribution in [0.25, 0.3) is 5.65 Å². The number of carbonyl (C=O) groups excluding carboxylic acids is 2. The van der Waals surface area contributed by atoms with Crippen molar-refractivity contribution in [3.63, 3.8) is 0 Å². The van der Waals surface area contributed by atoms with Gasteiger partial charge in [0.1, 0.15) is 11.3 Å². The van der Waals surface area contributed by atoms with Crippen LogP contribution in [0.15, 0.2) is 24.8 Å². The third kappa shape index (κ3) is 4.62. The van der Waals surface area contributed by atoms with Crippen molar-refractivity contribution in [1.29, 1.82) is 0 Å². The second-order valence-corrected chi connectivity index (χ2v) is 10.1. The summed E-state index contributed by atoms with van der Waals surface area (Å²) in [6.45, 7) is 4.31. The van der Waals surface area contributed by atoms with Crippen molar-refractivity contribution in [2.75, 3.05) is 55.2 Å². The molecule has 11 nitrogen and oxygen atoms in total. The third-order valence-electron chi connectivity index (χ3n) is 7.67. The summed E-state index contributed by atoms with van der Waals surface area (Å²) in [6.07, 6.45) is 8.19. The van der Waals surface area contributed by atoms with E-state index in [1.807, 2.05) is 9.80 Å². The maximum Gasteiger partial charge on any atom is 0.263 e. The van der Waals surface area contributed by atoms with E-state index >= 15 is 4.39 Å². The van der Waals surface area contributed by atoms with E-state index in [0.717, 1.165) is 49.3 Å². The molecule has 1 saturated carbocycles. The smallest absolute Gasteiger partial charge is 0.263 e. The van der Waals surface area contributed by atoms with E-state index in [-0.39, 0.29) is 40.2 Å². The summed E-state index contributed by atoms with van der Waals surface area (Å²) in [4.78, 5) is 40.4. The van der Waals surface area contributed by atoms with Crippen LogP contribution in [0, 0.1) is 17.6 Å². The Morgan fingerprint density at radius 1 is 0.974 bits per heavy atom. The van der Waals surface area contributed by atoms with Crippen molar-refractivity contribution < 1.29 is 18.4 Å². The largest absolute Gasteiger partial charge is 0.381 e. The van der Waals surface area contributed by atoms with Gasteiger partial charge in [-0.2, -0.15) is 0 Å². The van der Waals surface area contributed by atoms with Crippen LogP contribution in [0.3, 0.4) is 0 Å². The van der Waals surface area contributed by atoms with Gasteiger partial charge in [0.2, 0.25) is 5.91 Å². The van der Waals surface area contributed by atoms with Crippen molar-refractivity contribution in [2.45, 2.75) is 31.7 Å². The molecule has 3 N–H and O–H groups in total. The number of piperidine rings is 1. The van der Waals surface area contributed by atoms with Gasteiger partial charge in [-0.1, -0.05) is 0 Å². The van der Waals surface area contributed by atoms with Crippen LogP contribution >= 0.6 is 0 Å². The fraction of sp³-hybridized carbons (Fsp3) is 0.480. The van der Waals surface area contributed by atoms with Crippen molar-refractivity contribution in [3.05, 3.63) is 42.0 Å². The Kier molecular flexibility index (Phi) is 6.30. The number of anilines is 3. The molecule has 2 saturated heterocycles. The summed E-state index contributed by atoms with van der Waals surface area (Å²) in [5.41, 5.74) is 6.29. The first kappa shape index (κ1) is 24.5. The first-order valence-electron chi connectivity index (χ1n) is 12.9. The van der Waals surface area contributed by atoms with Gasteiger partial charge in [-0.05, 0) is 25.7 Å². The van der Waals surface area contributed by atoms with Crippen LogP contribution in [0.1, 0.15) is 36.0 Å². The maximum absolute atomic E-state index is 15.0. The zero-order valence-corrected chi connectivity index (χ0v) is 20.8. The van der Waals surface area contributed by atoms with Crippen LogP contribution in [0.2, 0.25) is 0 Å². The number of carbonyl (C=O) groups is 2. The molecule has 0 bridgehead atoms. The SMILES string of the molecule is Nc1nn2cc(F)cnc2c1C(=O)Nc1cncc(F)c1N1CCC(C(=O)N2CCN(C3CC3)CC2)CC1. The third-order valence-corrected chi connectivity index (χ3v) is 7.67. The highest BCUT2D eigenvalue weighted by atomic mass is 19.1. The molecule has 13 heteroatoms. The first-order valence-corrected chi connectivity index (χ1v) is 12.9. The molecule has 5 heterocycles. The molecule has 3 aliphatic rings. The number of hydrogen-bond donors (Lipinski definition) is 2. The predicted molar refractivity (Wildman–Crippen MR) is 136 cm³/mol. The Bertz CT molecular complexity index is 1380. The summed E-state index contributed by atoms with van der Waals surface area (Å²) in [5.74, 6) is -1.95. The van der Waals surface area contributed by atoms with E-state index < -0.39 is 17.5 Å². The lowest BCUT2D eigenvalue weighted by molar-refractivity contribution is -0.138. The maximum atomic E-state index is 15.0. The molecule has 2 aliphatic heterocycles. The Morgan fingerprint density at radius 2 is 1.71 bits per heavy atom. The van der Waals surface area contributed by atoms with Crippen LogP contribution in [-0.4, -0.2) is 86.5 Å². The quantitative estimate of drug-likeness (QED) is 0.516. The molecule has 1 aliphatic carbocycles. The van der Waals surface area contributed by atoms with Gasteiger partial charge < -0.3 is 20.9 Å². The van der Waals surface area contributed by atoms with Crippen molar-refractivity contribution in [1.82, 2.24) is 29.4 Å². The first-order chi connectivity index (χ1) is 18.4. The van der Waals surface area contributed by atoms with Gasteiger partial charge in [-0.15, -0.1) is 5.10 Å². The summed E-state index contributed by atoms with van der Waals surface area (Å²) >= 11 is 0. The lowest BCUT2D eigenvalue weighted by Gasteiger charge is -2.39. The molecule has 0 unspecified atom stereocenters. The standard InChI is InChI=1S/C25H29F2N9O2/c26-16-11-30-23-20(22(28)32-36(23)14-16)24(37)31-19-13-29-12-18(27)21(19)34-5-3-15(4-6-34)25(38)35-9-7-33(8-10-35)17-1-2-17/h11-15,17H,1-10H2,(H2,28,32)(H,31,37). The summed E-state index contributed by atoms with van der Waals surface area (Å²) in [7, 11) is 0. The van der Waals surface area contributed by atoms with E-state index in [0.29, 0.717) is 32.0 Å². The number of piperazine rings is 1. The van der Waals surface area contributed by atoms with E-state index in [1.54, 1.807) is 0 Å². The second-order valence-electron chi connectivity index (χ2n) is 10.1. The van der Waals surface area contributed by atoms with Gasteiger partial charge in [0.05, 0.1) is 30.5 Å². The van der Waals surface area contributed by atoms with Crippen molar-refractivity contribution in [2.24, 2.45) is 5.92 Å². The molecule has 3 fully saturated rings. The molecule has 38 heavy (non-hydrogen) atoms. The zero-order valence-electron chi connectivity index (χ0n) is 20.8. The fourth-order valence-corrected chi connectivity index (χ4v) is 5.53. The van der Waals surface area contributed by atoms with Gasteiger partial charge in [-0.3, -0.25) is 19.5 Å². The van der Waals surface area contributed by atoms with E-state index in [1.165, 1.54) is 19.0 Å². The lowest BCUT2D eigenvalue weighted by atomic mass is 9.94. The number of rotatable bonds is 5. The van der Waals surface area contributed by atoms with Crippen LogP contribution in [-0.2, 0) is 4.79 Å². The number of pyridine rings is 1. The molecule has 0 radical (unpaired) electrons. The molecule has 3 aromatic heterocycles. The lowest BCUT2D eigenvalue weighted by Crippen LogP contribution is -2.52. The number of hydrogen-bond acceptors (Lipinski definition) is 8. The Hall–Kier alpha value is -3.87. The van der Waals surface area contributed by atoms with Crippen LogP contribution in [0.5, 0.6) is 0 Å². The average Bonchev–Trinajstić information content (AvgIpc) is 3.71. The molecular weight excluding hydrogens is 496 g/mol. The fourth-order valence-electron chi connectivity index (χ4n) is 5.53. The summed E-state index contributed by atoms with van der Waals surface area (Å²) < 4.78 is 29.6. The van der Waals surface area contributed by atoms with E-state index in [2.05, 4.69) is 25.3 Å². The molecule has 200 valence electrons. The molecule has 0 spiro atoms. The average molecular weight is 526 g/mol. The predicted octanol–water partition coefficient (Wildman–Crippen LogP) is 1.76. The number of nitrogens with zero attached hydrogens (tertiary/aromatic N) is 7. The molecule has 3 aromatic rings. The Balaban J connectivity index is 1.14. The summed E-state index contributed by atoms with van der Waals surface area (Å²) in [6, 6.07) is 0.712. The second kappa shape index (κ2) is 9.78. The number of halogens is 2. The minimum Gasteiger partial charge on any atom is -0.381 e. The number of amides is 2. The van der Waals surface area contributed by atoms with E-state index in [4.69, 9.17) is 5.73 Å². The van der Waals surface area contributed by atoms with Gasteiger partial charge >= 0.3 is 0 Å². The van der Waals surface area contributed by atoms with Crippen molar-refractivity contribution >= 4 is 34.7 Å². The molecule has 0 aromatic carbocycles. The Morgan fingerprint density at radius 3 is 2.42 bits per heavy atom. The van der Waals surface area contributed by atoms with Gasteiger partial charge in [0.25, 0.3) is 5.91 Å². The van der Waals surface area contributed by atoms with Crippen LogP contribution in [0.4, 0.5) is 26.0 Å². The number of aromatic nitrogens is 4. The highest BCUT2D eigenvalue weighted by Gasteiger charge is 2.35. The summed E-state index contributed by atoms with van der Waals surface area (Å²) in [5, 5.41) is 6.61. The highest BCUT2D eigenvalue weighted by Crippen LogP contribution is 2.34. The monoisotopic (exact) mass is 525 g/mol. The number of fused-ring (bicyclic) bond motifs is 1. The van der Waals surface area contributed by atoms with Gasteiger partial charge in [0, 0.05) is 51.2 Å². The minimum atomic E-state index is -0.666. The normalized spacial score (nSPS) is 19.2. The van der Waals surface area contributed by atoms with Gasteiger partial charge in [-0.25, -0.2) is 18.3 Å². The topological polar surface area (TPSA) is 125 Å². The van der Waals surface area contributed by atoms with Crippen molar-refractivity contribution in [3.8, 4) is 0 Å².